The Balaban J connectivity index is 1.48. The molecule has 0 atom stereocenters. The zero-order valence-corrected chi connectivity index (χ0v) is 15.6. The number of ether oxygens (including phenoxy) is 2. The number of anilines is 1. The van der Waals surface area contributed by atoms with E-state index in [1.54, 1.807) is 0 Å². The quantitative estimate of drug-likeness (QED) is 0.665. The molecule has 7 nitrogen and oxygen atoms in total. The summed E-state index contributed by atoms with van der Waals surface area (Å²) in [6, 6.07) is 17.3. The third-order valence-electron chi connectivity index (χ3n) is 4.90. The van der Waals surface area contributed by atoms with E-state index in [0.717, 1.165) is 22.3 Å². The lowest BCUT2D eigenvalue weighted by molar-refractivity contribution is 0.0598. The molecule has 2 N–H and O–H groups in total. The first-order valence-corrected chi connectivity index (χ1v) is 9.01. The minimum Gasteiger partial charge on any atom is -0.465 e. The number of carbonyl (C=O) groups excluding carboxylic acids is 2. The minimum absolute atomic E-state index is 0.0608. The second-order valence-corrected chi connectivity index (χ2v) is 6.57. The molecule has 1 amide bonds. The van der Waals surface area contributed by atoms with E-state index in [1.165, 1.54) is 19.4 Å². The van der Waals surface area contributed by atoms with Crippen LogP contribution in [0.25, 0.3) is 11.1 Å². The van der Waals surface area contributed by atoms with Gasteiger partial charge in [0.25, 0.3) is 5.56 Å². The van der Waals surface area contributed by atoms with Crippen LogP contribution in [-0.4, -0.2) is 30.8 Å². The lowest BCUT2D eigenvalue weighted by Gasteiger charge is -2.14. The Kier molecular flexibility index (Phi) is 4.87. The van der Waals surface area contributed by atoms with Crippen LogP contribution < -0.4 is 10.9 Å². The molecule has 3 aromatic rings. The van der Waals surface area contributed by atoms with Crippen molar-refractivity contribution in [2.75, 3.05) is 19.0 Å². The summed E-state index contributed by atoms with van der Waals surface area (Å²) in [7, 11) is 1.17. The maximum absolute atomic E-state index is 12.3. The molecular weight excluding hydrogens is 372 g/mol. The molecule has 4 rings (SSSR count). The minimum atomic E-state index is -0.789. The van der Waals surface area contributed by atoms with Crippen LogP contribution in [0.15, 0.2) is 65.6 Å². The van der Waals surface area contributed by atoms with Gasteiger partial charge in [0.1, 0.15) is 12.2 Å². The highest BCUT2D eigenvalue weighted by Gasteiger charge is 2.29. The molecule has 0 spiro atoms. The fourth-order valence-electron chi connectivity index (χ4n) is 3.57. The number of carbonyl (C=O) groups is 2. The molecule has 0 saturated carbocycles. The molecule has 1 aliphatic rings. The normalized spacial score (nSPS) is 12.0. The van der Waals surface area contributed by atoms with Gasteiger partial charge in [-0.15, -0.1) is 0 Å². The first-order valence-electron chi connectivity index (χ1n) is 9.01. The second-order valence-electron chi connectivity index (χ2n) is 6.57. The average Bonchev–Trinajstić information content (AvgIpc) is 3.07. The van der Waals surface area contributed by atoms with E-state index in [0.29, 0.717) is 0 Å². The van der Waals surface area contributed by atoms with Gasteiger partial charge in [-0.05, 0) is 28.3 Å². The van der Waals surface area contributed by atoms with Gasteiger partial charge >= 0.3 is 12.1 Å². The number of aromatic nitrogens is 1. The second kappa shape index (κ2) is 7.63. The first kappa shape index (κ1) is 18.5. The monoisotopic (exact) mass is 390 g/mol. The predicted molar refractivity (Wildman–Crippen MR) is 107 cm³/mol. The Morgan fingerprint density at radius 1 is 1.03 bits per heavy atom. The Morgan fingerprint density at radius 2 is 1.66 bits per heavy atom. The van der Waals surface area contributed by atoms with Gasteiger partial charge in [-0.2, -0.15) is 0 Å². The number of H-pyrrole nitrogens is 1. The number of aromatic amines is 1. The molecule has 0 radical (unpaired) electrons. The van der Waals surface area contributed by atoms with Gasteiger partial charge in [-0.3, -0.25) is 10.1 Å². The van der Waals surface area contributed by atoms with Crippen molar-refractivity contribution in [3.05, 3.63) is 87.8 Å². The molecule has 0 aliphatic heterocycles. The fourth-order valence-corrected chi connectivity index (χ4v) is 3.57. The summed E-state index contributed by atoms with van der Waals surface area (Å²) in [5.41, 5.74) is 3.92. The molecule has 29 heavy (non-hydrogen) atoms. The summed E-state index contributed by atoms with van der Waals surface area (Å²) in [6.07, 6.45) is 0.602. The predicted octanol–water partition coefficient (Wildman–Crippen LogP) is 3.52. The molecule has 0 saturated heterocycles. The van der Waals surface area contributed by atoms with Crippen molar-refractivity contribution in [2.45, 2.75) is 5.92 Å². The lowest BCUT2D eigenvalue weighted by atomic mass is 9.98. The standard InChI is InChI=1S/C22H18N2O5/c1-28-21(26)18-10-13(11-23-20(18)25)24-22(27)29-12-19-16-8-4-2-6-14(16)15-7-3-5-9-17(15)19/h2-11,19H,12H2,1H3,(H,23,25)(H,24,27). The van der Waals surface area contributed by atoms with E-state index >= 15 is 0 Å². The summed E-state index contributed by atoms with van der Waals surface area (Å²) in [5.74, 6) is -0.850. The molecule has 2 aromatic carbocycles. The number of benzene rings is 2. The Bertz CT molecular complexity index is 1110. The zero-order valence-electron chi connectivity index (χ0n) is 15.6. The number of esters is 1. The molecule has 146 valence electrons. The largest absolute Gasteiger partial charge is 0.465 e. The van der Waals surface area contributed by atoms with Crippen LogP contribution in [0.1, 0.15) is 27.4 Å². The van der Waals surface area contributed by atoms with Crippen molar-refractivity contribution < 1.29 is 19.1 Å². The molecule has 0 unspecified atom stereocenters. The number of nitrogens with one attached hydrogen (secondary N) is 2. The summed E-state index contributed by atoms with van der Waals surface area (Å²) >= 11 is 0. The maximum Gasteiger partial charge on any atom is 0.411 e. The number of hydrogen-bond donors (Lipinski definition) is 2. The van der Waals surface area contributed by atoms with Gasteiger partial charge in [0.15, 0.2) is 0 Å². The number of amides is 1. The van der Waals surface area contributed by atoms with Crippen LogP contribution in [0.2, 0.25) is 0 Å². The highest BCUT2D eigenvalue weighted by molar-refractivity contribution is 5.92. The summed E-state index contributed by atoms with van der Waals surface area (Å²) in [4.78, 5) is 38.0. The van der Waals surface area contributed by atoms with Crippen LogP contribution >= 0.6 is 0 Å². The van der Waals surface area contributed by atoms with E-state index in [2.05, 4.69) is 27.2 Å². The lowest BCUT2D eigenvalue weighted by Crippen LogP contribution is -2.21. The fraction of sp³-hybridized carbons (Fsp3) is 0.136. The van der Waals surface area contributed by atoms with Gasteiger partial charge in [-0.1, -0.05) is 48.5 Å². The Labute approximate surface area is 166 Å². The van der Waals surface area contributed by atoms with E-state index < -0.39 is 17.6 Å². The number of hydrogen-bond acceptors (Lipinski definition) is 5. The van der Waals surface area contributed by atoms with Crippen molar-refractivity contribution in [2.24, 2.45) is 0 Å². The summed E-state index contributed by atoms with van der Waals surface area (Å²) in [5, 5.41) is 2.52. The van der Waals surface area contributed by atoms with E-state index in [4.69, 9.17) is 4.74 Å². The molecule has 1 aromatic heterocycles. The van der Waals surface area contributed by atoms with Crippen LogP contribution in [-0.2, 0) is 9.47 Å². The smallest absolute Gasteiger partial charge is 0.411 e. The van der Waals surface area contributed by atoms with Crippen molar-refractivity contribution in [3.63, 3.8) is 0 Å². The molecule has 1 heterocycles. The third kappa shape index (κ3) is 3.50. The van der Waals surface area contributed by atoms with Crippen LogP contribution in [0.5, 0.6) is 0 Å². The Hall–Kier alpha value is -3.87. The van der Waals surface area contributed by atoms with Gasteiger partial charge in [-0.25, -0.2) is 9.59 Å². The highest BCUT2D eigenvalue weighted by Crippen LogP contribution is 2.44. The highest BCUT2D eigenvalue weighted by atomic mass is 16.5. The molecule has 7 heteroatoms. The number of pyridine rings is 1. The van der Waals surface area contributed by atoms with Crippen LogP contribution in [0.4, 0.5) is 10.5 Å². The maximum atomic E-state index is 12.3. The van der Waals surface area contributed by atoms with Crippen molar-refractivity contribution in [1.29, 1.82) is 0 Å². The van der Waals surface area contributed by atoms with Crippen LogP contribution in [0.3, 0.4) is 0 Å². The summed E-state index contributed by atoms with van der Waals surface area (Å²) < 4.78 is 10.00. The first-order chi connectivity index (χ1) is 14.1. The van der Waals surface area contributed by atoms with Crippen molar-refractivity contribution >= 4 is 17.7 Å². The van der Waals surface area contributed by atoms with E-state index in [1.807, 2.05) is 36.4 Å². The van der Waals surface area contributed by atoms with E-state index in [9.17, 15) is 14.4 Å². The SMILES string of the molecule is COC(=O)c1cc(NC(=O)OCC2c3ccccc3-c3ccccc32)c[nH]c1=O. The zero-order chi connectivity index (χ0) is 20.4. The Morgan fingerprint density at radius 3 is 2.28 bits per heavy atom. The number of fused-ring (bicyclic) bond motifs is 3. The molecule has 0 bridgehead atoms. The number of rotatable bonds is 4. The van der Waals surface area contributed by atoms with Crippen molar-refractivity contribution in [1.82, 2.24) is 4.98 Å². The van der Waals surface area contributed by atoms with Gasteiger partial charge in [0.05, 0.1) is 12.8 Å². The third-order valence-corrected chi connectivity index (χ3v) is 4.90. The average molecular weight is 390 g/mol. The van der Waals surface area contributed by atoms with Crippen LogP contribution in [0, 0.1) is 0 Å². The van der Waals surface area contributed by atoms with Crippen molar-refractivity contribution in [3.8, 4) is 11.1 Å². The summed E-state index contributed by atoms with van der Waals surface area (Å²) in [6.45, 7) is 0.160. The van der Waals surface area contributed by atoms with E-state index in [-0.39, 0.29) is 23.8 Å². The van der Waals surface area contributed by atoms with Gasteiger partial charge in [0, 0.05) is 12.1 Å². The number of methoxy groups -OCH3 is 1. The molecular formula is C22H18N2O5. The molecule has 1 aliphatic carbocycles. The van der Waals surface area contributed by atoms with Gasteiger partial charge < -0.3 is 14.5 Å². The van der Waals surface area contributed by atoms with Gasteiger partial charge in [0.2, 0.25) is 0 Å². The topological polar surface area (TPSA) is 97.5 Å². The molecule has 0 fully saturated rings.